The fraction of sp³-hybridized carbons (Fsp3) is 0.471. The molecule has 0 unspecified atom stereocenters. The molecule has 26 heavy (non-hydrogen) atoms. The van der Waals surface area contributed by atoms with E-state index in [0.29, 0.717) is 6.42 Å². The fourth-order valence-electron chi connectivity index (χ4n) is 3.52. The predicted molar refractivity (Wildman–Crippen MR) is 92.9 cm³/mol. The number of rotatable bonds is 4. The number of aromatic nitrogens is 2. The maximum atomic E-state index is 13.3. The Labute approximate surface area is 149 Å². The first kappa shape index (κ1) is 17.1. The molecule has 4 rings (SSSR count). The van der Waals surface area contributed by atoms with Crippen LogP contribution >= 0.6 is 0 Å². The predicted octanol–water partition coefficient (Wildman–Crippen LogP) is 0.714. The van der Waals surface area contributed by atoms with Gasteiger partial charge in [-0.3, -0.25) is 14.2 Å². The van der Waals surface area contributed by atoms with Gasteiger partial charge in [0.2, 0.25) is 5.91 Å². The average molecular weight is 379 g/mol. The number of halogens is 1. The van der Waals surface area contributed by atoms with E-state index in [9.17, 15) is 22.4 Å². The Balaban J connectivity index is 1.60. The lowest BCUT2D eigenvalue weighted by molar-refractivity contribution is -0.134. The number of amides is 1. The van der Waals surface area contributed by atoms with E-state index in [1.807, 2.05) is 0 Å². The SMILES string of the molecule is O=C(Cn1cnc2cc(F)ccc2c1=O)N(C1CC1)[C@H]1CCS(=O)(=O)C1. The molecular weight excluding hydrogens is 361 g/mol. The van der Waals surface area contributed by atoms with Crippen molar-refractivity contribution in [2.75, 3.05) is 11.5 Å². The van der Waals surface area contributed by atoms with Crippen LogP contribution in [0, 0.1) is 5.82 Å². The zero-order valence-electron chi connectivity index (χ0n) is 14.0. The van der Waals surface area contributed by atoms with Crippen molar-refractivity contribution < 1.29 is 17.6 Å². The first-order valence-electron chi connectivity index (χ1n) is 8.50. The van der Waals surface area contributed by atoms with Crippen LogP contribution in [0.25, 0.3) is 10.9 Å². The first-order valence-corrected chi connectivity index (χ1v) is 10.3. The third kappa shape index (κ3) is 3.23. The summed E-state index contributed by atoms with van der Waals surface area (Å²) in [6, 6.07) is 3.43. The molecule has 9 heteroatoms. The summed E-state index contributed by atoms with van der Waals surface area (Å²) in [4.78, 5) is 31.1. The van der Waals surface area contributed by atoms with Gasteiger partial charge in [-0.05, 0) is 31.4 Å². The summed E-state index contributed by atoms with van der Waals surface area (Å²) in [6.45, 7) is -0.202. The van der Waals surface area contributed by atoms with Crippen molar-refractivity contribution in [3.05, 3.63) is 40.7 Å². The standard InChI is InChI=1S/C17H18FN3O4S/c18-11-1-4-14-15(7-11)19-10-20(17(14)23)8-16(22)21(12-2-3-12)13-5-6-26(24,25)9-13/h1,4,7,10,12-13H,2-3,5-6,8-9H2/t13-/m0/s1. The molecule has 2 aromatic rings. The van der Waals surface area contributed by atoms with Crippen LogP contribution < -0.4 is 5.56 Å². The van der Waals surface area contributed by atoms with Crippen LogP contribution in [0.5, 0.6) is 0 Å². The van der Waals surface area contributed by atoms with Gasteiger partial charge in [0, 0.05) is 18.2 Å². The highest BCUT2D eigenvalue weighted by molar-refractivity contribution is 7.91. The zero-order chi connectivity index (χ0) is 18.5. The maximum Gasteiger partial charge on any atom is 0.261 e. The number of fused-ring (bicyclic) bond motifs is 1. The second-order valence-corrected chi connectivity index (χ2v) is 9.16. The van der Waals surface area contributed by atoms with Crippen molar-refractivity contribution in [1.29, 1.82) is 0 Å². The summed E-state index contributed by atoms with van der Waals surface area (Å²) >= 11 is 0. The minimum absolute atomic E-state index is 0.0145. The highest BCUT2D eigenvalue weighted by atomic mass is 32.2. The second-order valence-electron chi connectivity index (χ2n) is 6.93. The van der Waals surface area contributed by atoms with Crippen LogP contribution in [0.4, 0.5) is 4.39 Å². The topological polar surface area (TPSA) is 89.3 Å². The van der Waals surface area contributed by atoms with Crippen LogP contribution in [-0.4, -0.2) is 52.4 Å². The molecule has 2 heterocycles. The van der Waals surface area contributed by atoms with Gasteiger partial charge in [-0.1, -0.05) is 0 Å². The summed E-state index contributed by atoms with van der Waals surface area (Å²) in [5.41, 5.74) is -0.183. The Kier molecular flexibility index (Phi) is 4.06. The van der Waals surface area contributed by atoms with Crippen molar-refractivity contribution in [2.24, 2.45) is 0 Å². The second kappa shape index (κ2) is 6.15. The number of carbonyl (C=O) groups is 1. The average Bonchev–Trinajstić information content (AvgIpc) is 3.33. The lowest BCUT2D eigenvalue weighted by atomic mass is 10.2. The van der Waals surface area contributed by atoms with E-state index in [1.165, 1.54) is 29.1 Å². The highest BCUT2D eigenvalue weighted by Crippen LogP contribution is 2.32. The molecule has 1 saturated heterocycles. The van der Waals surface area contributed by atoms with Crippen molar-refractivity contribution in [3.8, 4) is 0 Å². The van der Waals surface area contributed by atoms with Gasteiger partial charge in [-0.15, -0.1) is 0 Å². The molecule has 1 amide bonds. The molecule has 1 aromatic heterocycles. The van der Waals surface area contributed by atoms with Gasteiger partial charge in [0.1, 0.15) is 12.4 Å². The molecular formula is C17H18FN3O4S. The highest BCUT2D eigenvalue weighted by Gasteiger charge is 2.42. The summed E-state index contributed by atoms with van der Waals surface area (Å²) in [5, 5.41) is 0.239. The Morgan fingerprint density at radius 2 is 2.04 bits per heavy atom. The number of hydrogen-bond donors (Lipinski definition) is 0. The van der Waals surface area contributed by atoms with E-state index in [0.717, 1.165) is 12.8 Å². The summed E-state index contributed by atoms with van der Waals surface area (Å²) < 4.78 is 38.0. The third-order valence-electron chi connectivity index (χ3n) is 4.92. The molecule has 2 fully saturated rings. The van der Waals surface area contributed by atoms with Gasteiger partial charge in [0.05, 0.1) is 28.7 Å². The van der Waals surface area contributed by atoms with Crippen LogP contribution in [0.2, 0.25) is 0 Å². The number of sulfone groups is 1. The van der Waals surface area contributed by atoms with E-state index in [4.69, 9.17) is 0 Å². The van der Waals surface area contributed by atoms with E-state index in [-0.39, 0.29) is 46.9 Å². The largest absolute Gasteiger partial charge is 0.334 e. The Morgan fingerprint density at radius 1 is 1.27 bits per heavy atom. The minimum Gasteiger partial charge on any atom is -0.334 e. The van der Waals surface area contributed by atoms with Crippen LogP contribution in [0.15, 0.2) is 29.3 Å². The monoisotopic (exact) mass is 379 g/mol. The van der Waals surface area contributed by atoms with Gasteiger partial charge >= 0.3 is 0 Å². The minimum atomic E-state index is -3.10. The van der Waals surface area contributed by atoms with Crippen molar-refractivity contribution in [3.63, 3.8) is 0 Å². The van der Waals surface area contributed by atoms with Gasteiger partial charge in [0.25, 0.3) is 5.56 Å². The molecule has 1 aromatic carbocycles. The molecule has 7 nitrogen and oxygen atoms in total. The number of hydrogen-bond acceptors (Lipinski definition) is 5. The van der Waals surface area contributed by atoms with Crippen LogP contribution in [0.3, 0.4) is 0 Å². The van der Waals surface area contributed by atoms with Crippen molar-refractivity contribution in [2.45, 2.75) is 37.9 Å². The Bertz CT molecular complexity index is 1050. The lowest BCUT2D eigenvalue weighted by Crippen LogP contribution is -2.45. The maximum absolute atomic E-state index is 13.3. The third-order valence-corrected chi connectivity index (χ3v) is 6.67. The van der Waals surface area contributed by atoms with E-state index < -0.39 is 21.2 Å². The molecule has 138 valence electrons. The smallest absolute Gasteiger partial charge is 0.261 e. The summed E-state index contributed by atoms with van der Waals surface area (Å²) in [6.07, 6.45) is 3.38. The summed E-state index contributed by atoms with van der Waals surface area (Å²) in [5.74, 6) is -0.683. The Hall–Kier alpha value is -2.29. The molecule has 1 atom stereocenters. The molecule has 1 aliphatic heterocycles. The van der Waals surface area contributed by atoms with Gasteiger partial charge < -0.3 is 4.90 Å². The molecule has 2 aliphatic rings. The molecule has 0 bridgehead atoms. The molecule has 1 aliphatic carbocycles. The lowest BCUT2D eigenvalue weighted by Gasteiger charge is -2.28. The van der Waals surface area contributed by atoms with E-state index in [2.05, 4.69) is 4.98 Å². The van der Waals surface area contributed by atoms with Crippen LogP contribution in [-0.2, 0) is 21.2 Å². The van der Waals surface area contributed by atoms with Crippen molar-refractivity contribution in [1.82, 2.24) is 14.5 Å². The number of benzene rings is 1. The summed E-state index contributed by atoms with van der Waals surface area (Å²) in [7, 11) is -3.10. The van der Waals surface area contributed by atoms with Crippen molar-refractivity contribution >= 4 is 26.6 Å². The molecule has 0 radical (unpaired) electrons. The van der Waals surface area contributed by atoms with Gasteiger partial charge in [-0.25, -0.2) is 17.8 Å². The van der Waals surface area contributed by atoms with E-state index >= 15 is 0 Å². The first-order chi connectivity index (χ1) is 12.3. The molecule has 0 spiro atoms. The Morgan fingerprint density at radius 3 is 2.69 bits per heavy atom. The normalized spacial score (nSPS) is 21.8. The fourth-order valence-corrected chi connectivity index (χ4v) is 5.24. The van der Waals surface area contributed by atoms with Crippen LogP contribution in [0.1, 0.15) is 19.3 Å². The quantitative estimate of drug-likeness (QED) is 0.781. The number of carbonyl (C=O) groups excluding carboxylic acids is 1. The molecule has 0 N–H and O–H groups in total. The van der Waals surface area contributed by atoms with Gasteiger partial charge in [-0.2, -0.15) is 0 Å². The van der Waals surface area contributed by atoms with Gasteiger partial charge in [0.15, 0.2) is 9.84 Å². The van der Waals surface area contributed by atoms with E-state index in [1.54, 1.807) is 4.90 Å². The zero-order valence-corrected chi connectivity index (χ0v) is 14.8. The number of nitrogens with zero attached hydrogens (tertiary/aromatic N) is 3. The molecule has 1 saturated carbocycles.